The van der Waals surface area contributed by atoms with E-state index in [1.54, 1.807) is 0 Å². The van der Waals surface area contributed by atoms with Crippen LogP contribution < -0.4 is 0 Å². The monoisotopic (exact) mass is 312 g/mol. The van der Waals surface area contributed by atoms with Crippen molar-refractivity contribution < 1.29 is 20.0 Å². The molecule has 4 heteroatoms. The number of rotatable bonds is 15. The Hall–Kier alpha value is -1.13. The molecule has 0 aliphatic heterocycles. The van der Waals surface area contributed by atoms with Gasteiger partial charge in [0.15, 0.2) is 0 Å². The Labute approximate surface area is 134 Å². The van der Waals surface area contributed by atoms with Crippen LogP contribution in [0.25, 0.3) is 0 Å². The van der Waals surface area contributed by atoms with Crippen LogP contribution in [0.3, 0.4) is 0 Å². The molecule has 0 radical (unpaired) electrons. The SMILES string of the molecule is CCCCC/C=C\C[C@H](/C=C/CCCCCCC(=O)O)OO. The highest BCUT2D eigenvalue weighted by atomic mass is 17.1. The van der Waals surface area contributed by atoms with E-state index in [0.717, 1.165) is 38.5 Å². The summed E-state index contributed by atoms with van der Waals surface area (Å²) in [4.78, 5) is 14.8. The molecule has 0 aliphatic carbocycles. The molecule has 0 rings (SSSR count). The molecular weight excluding hydrogens is 280 g/mol. The Bertz CT molecular complexity index is 310. The molecule has 0 unspecified atom stereocenters. The second-order valence-corrected chi connectivity index (χ2v) is 5.62. The van der Waals surface area contributed by atoms with Crippen LogP contribution in [0.5, 0.6) is 0 Å². The average Bonchev–Trinajstić information content (AvgIpc) is 2.50. The van der Waals surface area contributed by atoms with E-state index < -0.39 is 5.97 Å². The summed E-state index contributed by atoms with van der Waals surface area (Å²) < 4.78 is 0. The van der Waals surface area contributed by atoms with Gasteiger partial charge in [-0.05, 0) is 38.5 Å². The van der Waals surface area contributed by atoms with E-state index in [1.165, 1.54) is 19.3 Å². The largest absolute Gasteiger partial charge is 0.481 e. The fourth-order valence-electron chi connectivity index (χ4n) is 2.16. The third kappa shape index (κ3) is 15.3. The van der Waals surface area contributed by atoms with Gasteiger partial charge in [-0.1, -0.05) is 56.9 Å². The number of hydrogen-bond donors (Lipinski definition) is 2. The summed E-state index contributed by atoms with van der Waals surface area (Å²) in [7, 11) is 0. The van der Waals surface area contributed by atoms with Gasteiger partial charge < -0.3 is 5.11 Å². The molecular formula is C18H32O4. The van der Waals surface area contributed by atoms with Gasteiger partial charge in [-0.25, -0.2) is 4.89 Å². The van der Waals surface area contributed by atoms with E-state index in [2.05, 4.69) is 24.0 Å². The summed E-state index contributed by atoms with van der Waals surface area (Å²) in [6.07, 6.45) is 18.4. The Balaban J connectivity index is 3.59. The maximum Gasteiger partial charge on any atom is 0.303 e. The molecule has 0 fully saturated rings. The molecule has 4 nitrogen and oxygen atoms in total. The first-order valence-corrected chi connectivity index (χ1v) is 8.54. The van der Waals surface area contributed by atoms with Gasteiger partial charge in [0.2, 0.25) is 0 Å². The van der Waals surface area contributed by atoms with Crippen molar-refractivity contribution >= 4 is 5.97 Å². The lowest BCUT2D eigenvalue weighted by molar-refractivity contribution is -0.264. The minimum absolute atomic E-state index is 0.265. The molecule has 0 saturated heterocycles. The van der Waals surface area contributed by atoms with Gasteiger partial charge in [-0.2, -0.15) is 0 Å². The highest BCUT2D eigenvalue weighted by molar-refractivity contribution is 5.66. The number of unbranched alkanes of at least 4 members (excludes halogenated alkanes) is 7. The van der Waals surface area contributed by atoms with Gasteiger partial charge in [0.05, 0.1) is 0 Å². The van der Waals surface area contributed by atoms with E-state index in [1.807, 2.05) is 12.2 Å². The lowest BCUT2D eigenvalue weighted by atomic mass is 10.1. The first kappa shape index (κ1) is 20.9. The van der Waals surface area contributed by atoms with Gasteiger partial charge in [-0.3, -0.25) is 10.1 Å². The van der Waals surface area contributed by atoms with Crippen molar-refractivity contribution in [2.75, 3.05) is 0 Å². The Morgan fingerprint density at radius 2 is 1.68 bits per heavy atom. The molecule has 0 aromatic heterocycles. The lowest BCUT2D eigenvalue weighted by Gasteiger charge is -2.05. The molecule has 0 aromatic rings. The minimum Gasteiger partial charge on any atom is -0.481 e. The third-order valence-corrected chi connectivity index (χ3v) is 3.51. The highest BCUT2D eigenvalue weighted by Gasteiger charge is 2.01. The average molecular weight is 312 g/mol. The van der Waals surface area contributed by atoms with Gasteiger partial charge in [0.25, 0.3) is 0 Å². The van der Waals surface area contributed by atoms with Crippen molar-refractivity contribution in [3.8, 4) is 0 Å². The molecule has 0 spiro atoms. The van der Waals surface area contributed by atoms with Crippen LogP contribution in [0.1, 0.15) is 77.6 Å². The summed E-state index contributed by atoms with van der Waals surface area (Å²) in [6, 6.07) is 0. The van der Waals surface area contributed by atoms with Crippen molar-refractivity contribution in [3.63, 3.8) is 0 Å². The number of carboxylic acid groups (broad SMARTS) is 1. The molecule has 0 heterocycles. The van der Waals surface area contributed by atoms with Gasteiger partial charge in [0, 0.05) is 6.42 Å². The first-order chi connectivity index (χ1) is 10.7. The highest BCUT2D eigenvalue weighted by Crippen LogP contribution is 2.08. The zero-order valence-corrected chi connectivity index (χ0v) is 13.9. The van der Waals surface area contributed by atoms with Gasteiger partial charge >= 0.3 is 5.97 Å². The predicted molar refractivity (Wildman–Crippen MR) is 89.9 cm³/mol. The maximum absolute atomic E-state index is 10.3. The van der Waals surface area contributed by atoms with E-state index >= 15 is 0 Å². The number of aliphatic carboxylic acids is 1. The number of allylic oxidation sites excluding steroid dienone is 2. The summed E-state index contributed by atoms with van der Waals surface area (Å²) in [5.74, 6) is -0.717. The van der Waals surface area contributed by atoms with Gasteiger partial charge in [0.1, 0.15) is 6.10 Å². The topological polar surface area (TPSA) is 66.8 Å². The van der Waals surface area contributed by atoms with Crippen molar-refractivity contribution in [2.45, 2.75) is 83.7 Å². The second kappa shape index (κ2) is 16.2. The van der Waals surface area contributed by atoms with Crippen LogP contribution in [0, 0.1) is 0 Å². The summed E-state index contributed by atoms with van der Waals surface area (Å²) >= 11 is 0. The molecule has 22 heavy (non-hydrogen) atoms. The van der Waals surface area contributed by atoms with E-state index in [-0.39, 0.29) is 12.5 Å². The molecule has 2 N–H and O–H groups in total. The molecule has 0 aromatic carbocycles. The standard InChI is InChI=1S/C18H32O4/c1-2-3-4-5-8-11-14-17(22-21)15-12-9-6-7-10-13-16-18(19)20/h8,11-12,15,17,21H,2-7,9-10,13-14,16H2,1H3,(H,19,20)/b11-8-,15-12+/t17-/m1/s1. The lowest BCUT2D eigenvalue weighted by Crippen LogP contribution is -2.05. The van der Waals surface area contributed by atoms with Crippen molar-refractivity contribution in [1.82, 2.24) is 0 Å². The first-order valence-electron chi connectivity index (χ1n) is 8.54. The third-order valence-electron chi connectivity index (χ3n) is 3.51. The van der Waals surface area contributed by atoms with E-state index in [9.17, 15) is 4.79 Å². The number of carbonyl (C=O) groups is 1. The molecule has 0 saturated carbocycles. The van der Waals surface area contributed by atoms with Crippen LogP contribution in [-0.2, 0) is 9.68 Å². The zero-order valence-electron chi connectivity index (χ0n) is 13.9. The molecule has 1 atom stereocenters. The van der Waals surface area contributed by atoms with Crippen LogP contribution in [0.4, 0.5) is 0 Å². The minimum atomic E-state index is -0.717. The predicted octanol–water partition coefficient (Wildman–Crippen LogP) is 5.35. The molecule has 0 amide bonds. The molecule has 128 valence electrons. The fraction of sp³-hybridized carbons (Fsp3) is 0.722. The summed E-state index contributed by atoms with van der Waals surface area (Å²) in [5.41, 5.74) is 0. The smallest absolute Gasteiger partial charge is 0.303 e. The Morgan fingerprint density at radius 1 is 1.00 bits per heavy atom. The van der Waals surface area contributed by atoms with Crippen LogP contribution in [0.15, 0.2) is 24.3 Å². The van der Waals surface area contributed by atoms with E-state index in [0.29, 0.717) is 6.42 Å². The van der Waals surface area contributed by atoms with Crippen LogP contribution in [0.2, 0.25) is 0 Å². The summed E-state index contributed by atoms with van der Waals surface area (Å²) in [6.45, 7) is 2.19. The van der Waals surface area contributed by atoms with Crippen molar-refractivity contribution in [3.05, 3.63) is 24.3 Å². The van der Waals surface area contributed by atoms with Crippen molar-refractivity contribution in [2.24, 2.45) is 0 Å². The van der Waals surface area contributed by atoms with Crippen molar-refractivity contribution in [1.29, 1.82) is 0 Å². The summed E-state index contributed by atoms with van der Waals surface area (Å²) in [5, 5.41) is 17.4. The fourth-order valence-corrected chi connectivity index (χ4v) is 2.16. The van der Waals surface area contributed by atoms with Crippen LogP contribution in [-0.4, -0.2) is 22.4 Å². The molecule has 0 bridgehead atoms. The maximum atomic E-state index is 10.3. The zero-order chi connectivity index (χ0) is 16.5. The Morgan fingerprint density at radius 3 is 2.36 bits per heavy atom. The van der Waals surface area contributed by atoms with E-state index in [4.69, 9.17) is 10.4 Å². The number of hydrogen-bond acceptors (Lipinski definition) is 3. The van der Waals surface area contributed by atoms with Gasteiger partial charge in [-0.15, -0.1) is 0 Å². The van der Waals surface area contributed by atoms with Crippen LogP contribution >= 0.6 is 0 Å². The Kier molecular flexibility index (Phi) is 15.4. The molecule has 0 aliphatic rings. The quantitative estimate of drug-likeness (QED) is 0.185. The number of carboxylic acids is 1. The normalized spacial score (nSPS) is 13.2. The second-order valence-electron chi connectivity index (χ2n) is 5.62.